The largest absolute Gasteiger partial charge is 1.00 e. The van der Waals surface area contributed by atoms with Crippen molar-refractivity contribution in [3.05, 3.63) is 35.3 Å². The van der Waals surface area contributed by atoms with E-state index in [4.69, 9.17) is 4.74 Å². The zero-order valence-corrected chi connectivity index (χ0v) is 15.3. The standard InChI is InChI=1S/C18H28NOS.Li/c1-3-5-12-19(13-6-4-2)17-10-8-16(9-11-17)18-20-14-7-15-21-18;/h8-11H,3-7,12-15H2,1-2H3;/q-1;+1. The maximum Gasteiger partial charge on any atom is 1.00 e. The number of anilines is 1. The van der Waals surface area contributed by atoms with Crippen LogP contribution in [0.25, 0.3) is 0 Å². The van der Waals surface area contributed by atoms with Crippen LogP contribution in [0.4, 0.5) is 5.69 Å². The summed E-state index contributed by atoms with van der Waals surface area (Å²) in [7, 11) is 0. The Balaban J connectivity index is 0.00000242. The van der Waals surface area contributed by atoms with Gasteiger partial charge in [0.2, 0.25) is 0 Å². The first-order valence-electron chi connectivity index (χ1n) is 8.33. The minimum Gasteiger partial charge on any atom is -0.399 e. The van der Waals surface area contributed by atoms with E-state index >= 15 is 0 Å². The second-order valence-electron chi connectivity index (χ2n) is 5.58. The normalized spacial score (nSPS) is 14.5. The van der Waals surface area contributed by atoms with E-state index in [1.54, 1.807) is 0 Å². The summed E-state index contributed by atoms with van der Waals surface area (Å²) in [6.07, 6.45) is 6.20. The molecule has 0 aromatic heterocycles. The molecule has 1 aromatic rings. The number of rotatable bonds is 8. The van der Waals surface area contributed by atoms with Crippen molar-refractivity contribution in [2.75, 3.05) is 30.3 Å². The summed E-state index contributed by atoms with van der Waals surface area (Å²) in [5, 5.41) is 0. The molecule has 0 aliphatic carbocycles. The molecule has 0 amide bonds. The van der Waals surface area contributed by atoms with Crippen LogP contribution in [0.5, 0.6) is 0 Å². The smallest absolute Gasteiger partial charge is 0.399 e. The Labute approximate surface area is 152 Å². The van der Waals surface area contributed by atoms with Crippen LogP contribution in [-0.4, -0.2) is 25.4 Å². The topological polar surface area (TPSA) is 12.5 Å². The van der Waals surface area contributed by atoms with Gasteiger partial charge in [0.25, 0.3) is 0 Å². The summed E-state index contributed by atoms with van der Waals surface area (Å²) in [6, 6.07) is 8.94. The van der Waals surface area contributed by atoms with Gasteiger partial charge in [0.05, 0.1) is 0 Å². The Bertz CT molecular complexity index is 385. The van der Waals surface area contributed by atoms with Gasteiger partial charge in [-0.25, -0.2) is 0 Å². The minimum absolute atomic E-state index is 0. The van der Waals surface area contributed by atoms with Gasteiger partial charge in [-0.1, -0.05) is 38.8 Å². The molecule has 0 bridgehead atoms. The number of unbranched alkanes of at least 4 members (excludes halogenated alkanes) is 2. The molecule has 1 heterocycles. The van der Waals surface area contributed by atoms with E-state index in [-0.39, 0.29) is 18.9 Å². The maximum atomic E-state index is 5.76. The fraction of sp³-hybridized carbons (Fsp3) is 0.611. The van der Waals surface area contributed by atoms with Crippen LogP contribution in [0, 0.1) is 5.44 Å². The van der Waals surface area contributed by atoms with Gasteiger partial charge in [0.15, 0.2) is 0 Å². The number of nitrogens with zero attached hydrogens (tertiary/aromatic N) is 1. The predicted octanol–water partition coefficient (Wildman–Crippen LogP) is 2.09. The minimum atomic E-state index is 0. The zero-order valence-electron chi connectivity index (χ0n) is 14.4. The van der Waals surface area contributed by atoms with E-state index in [2.05, 4.69) is 43.0 Å². The second kappa shape index (κ2) is 11.4. The average molecular weight is 313 g/mol. The fourth-order valence-corrected chi connectivity index (χ4v) is 3.39. The number of benzene rings is 1. The molecule has 0 unspecified atom stereocenters. The third-order valence-corrected chi connectivity index (χ3v) is 4.89. The quantitative estimate of drug-likeness (QED) is 0.539. The van der Waals surface area contributed by atoms with Crippen molar-refractivity contribution in [2.45, 2.75) is 46.0 Å². The second-order valence-corrected chi connectivity index (χ2v) is 6.65. The summed E-state index contributed by atoms with van der Waals surface area (Å²) in [5.74, 6) is 1.18. The molecule has 1 aromatic carbocycles. The first-order valence-corrected chi connectivity index (χ1v) is 9.31. The van der Waals surface area contributed by atoms with E-state index < -0.39 is 0 Å². The Hall–Kier alpha value is -0.203. The van der Waals surface area contributed by atoms with Crippen LogP contribution in [0.1, 0.15) is 51.5 Å². The van der Waals surface area contributed by atoms with Gasteiger partial charge in [-0.3, -0.25) is 0 Å². The Morgan fingerprint density at radius 1 is 1.09 bits per heavy atom. The molecule has 2 rings (SSSR count). The van der Waals surface area contributed by atoms with E-state index in [1.807, 2.05) is 11.8 Å². The van der Waals surface area contributed by atoms with E-state index in [0.717, 1.165) is 31.6 Å². The molecule has 1 saturated heterocycles. The summed E-state index contributed by atoms with van der Waals surface area (Å²) < 4.78 is 5.76. The Kier molecular flexibility index (Phi) is 10.2. The monoisotopic (exact) mass is 313 g/mol. The van der Waals surface area contributed by atoms with Crippen molar-refractivity contribution < 1.29 is 23.6 Å². The maximum absolute atomic E-state index is 5.76. The molecule has 1 fully saturated rings. The molecule has 0 saturated carbocycles. The molecule has 2 nitrogen and oxygen atoms in total. The van der Waals surface area contributed by atoms with E-state index in [0.29, 0.717) is 0 Å². The SMILES string of the molecule is CCCCN(CCCC)c1ccc([C-]2OCCCS2)cc1.[Li+]. The van der Waals surface area contributed by atoms with Crippen LogP contribution < -0.4 is 23.8 Å². The van der Waals surface area contributed by atoms with Crippen LogP contribution in [-0.2, 0) is 4.74 Å². The van der Waals surface area contributed by atoms with Gasteiger partial charge in [-0.2, -0.15) is 29.5 Å². The van der Waals surface area contributed by atoms with Crippen LogP contribution in [0.3, 0.4) is 0 Å². The molecule has 0 atom stereocenters. The summed E-state index contributed by atoms with van der Waals surface area (Å²) >= 11 is 1.84. The van der Waals surface area contributed by atoms with Gasteiger partial charge < -0.3 is 9.64 Å². The summed E-state index contributed by atoms with van der Waals surface area (Å²) in [4.78, 5) is 2.52. The molecule has 22 heavy (non-hydrogen) atoms. The molecule has 4 heteroatoms. The molecule has 118 valence electrons. The number of ether oxygens (including phenoxy) is 1. The van der Waals surface area contributed by atoms with Crippen molar-refractivity contribution >= 4 is 17.4 Å². The predicted molar refractivity (Wildman–Crippen MR) is 93.8 cm³/mol. The van der Waals surface area contributed by atoms with Gasteiger partial charge >= 0.3 is 18.9 Å². The van der Waals surface area contributed by atoms with Crippen LogP contribution in [0.2, 0.25) is 0 Å². The number of hydrogen-bond donors (Lipinski definition) is 0. The Morgan fingerprint density at radius 3 is 2.23 bits per heavy atom. The van der Waals surface area contributed by atoms with E-state index in [1.165, 1.54) is 42.7 Å². The third kappa shape index (κ3) is 6.12. The van der Waals surface area contributed by atoms with Crippen LogP contribution >= 0.6 is 11.8 Å². The molecular weight excluding hydrogens is 285 g/mol. The Morgan fingerprint density at radius 2 is 1.73 bits per heavy atom. The molecule has 1 aliphatic heterocycles. The fourth-order valence-electron chi connectivity index (χ4n) is 2.47. The molecule has 0 radical (unpaired) electrons. The van der Waals surface area contributed by atoms with Crippen molar-refractivity contribution in [2.24, 2.45) is 0 Å². The van der Waals surface area contributed by atoms with Crippen molar-refractivity contribution in [1.29, 1.82) is 0 Å². The molecule has 0 N–H and O–H groups in total. The molecule has 0 spiro atoms. The van der Waals surface area contributed by atoms with Gasteiger partial charge in [0.1, 0.15) is 0 Å². The average Bonchev–Trinajstić information content (AvgIpc) is 2.56. The zero-order chi connectivity index (χ0) is 14.9. The van der Waals surface area contributed by atoms with Crippen LogP contribution in [0.15, 0.2) is 24.3 Å². The van der Waals surface area contributed by atoms with Crippen molar-refractivity contribution in [1.82, 2.24) is 0 Å². The van der Waals surface area contributed by atoms with Crippen molar-refractivity contribution in [3.8, 4) is 0 Å². The van der Waals surface area contributed by atoms with Gasteiger partial charge in [-0.05, 0) is 25.0 Å². The van der Waals surface area contributed by atoms with Gasteiger partial charge in [0, 0.05) is 30.8 Å². The summed E-state index contributed by atoms with van der Waals surface area (Å²) in [5.41, 5.74) is 3.68. The number of hydrogen-bond acceptors (Lipinski definition) is 3. The number of thioether (sulfide) groups is 1. The van der Waals surface area contributed by atoms with Gasteiger partial charge in [-0.15, -0.1) is 0 Å². The molecule has 1 aliphatic rings. The molecular formula is C18H28LiNOS. The van der Waals surface area contributed by atoms with E-state index in [9.17, 15) is 0 Å². The van der Waals surface area contributed by atoms with Crippen molar-refractivity contribution in [3.63, 3.8) is 0 Å². The first-order chi connectivity index (χ1) is 10.3. The third-order valence-electron chi connectivity index (χ3n) is 3.79. The summed E-state index contributed by atoms with van der Waals surface area (Å²) in [6.45, 7) is 7.71. The first kappa shape index (κ1) is 19.8.